The van der Waals surface area contributed by atoms with Crippen LogP contribution in [0.4, 0.5) is 10.2 Å². The lowest BCUT2D eigenvalue weighted by molar-refractivity contribution is -0.116. The lowest BCUT2D eigenvalue weighted by Crippen LogP contribution is -2.21. The molecule has 0 spiro atoms. The molecule has 0 aliphatic rings. The highest BCUT2D eigenvalue weighted by Gasteiger charge is 2.15. The number of nitrogens with zero attached hydrogens (tertiary/aromatic N) is 3. The Morgan fingerprint density at radius 1 is 1.07 bits per heavy atom. The van der Waals surface area contributed by atoms with Crippen LogP contribution in [0.3, 0.4) is 0 Å². The van der Waals surface area contributed by atoms with E-state index in [1.165, 1.54) is 12.1 Å². The second-order valence-electron chi connectivity index (χ2n) is 6.60. The molecule has 3 N–H and O–H groups in total. The normalized spacial score (nSPS) is 10.9. The fourth-order valence-corrected chi connectivity index (χ4v) is 3.24. The lowest BCUT2D eigenvalue weighted by atomic mass is 10.2. The van der Waals surface area contributed by atoms with Gasteiger partial charge >= 0.3 is 0 Å². The van der Waals surface area contributed by atoms with Crippen LogP contribution in [-0.4, -0.2) is 26.2 Å². The standard InChI is InChI=1S/C21H18FN5O2/c22-15-7-5-14(6-8-15)11-27-19(9-10-24-27)25-20(28)13-26-12-17(21(23)29)16-3-1-2-4-18(16)26/h1-10,12H,11,13H2,(H2,23,29)(H,25,28). The van der Waals surface area contributed by atoms with Crippen molar-refractivity contribution in [3.63, 3.8) is 0 Å². The minimum absolute atomic E-state index is 0.00945. The fraction of sp³-hybridized carbons (Fsp3) is 0.0952. The smallest absolute Gasteiger partial charge is 0.250 e. The van der Waals surface area contributed by atoms with Crippen LogP contribution in [0.15, 0.2) is 67.0 Å². The van der Waals surface area contributed by atoms with Crippen molar-refractivity contribution in [2.75, 3.05) is 5.32 Å². The molecule has 0 atom stereocenters. The summed E-state index contributed by atoms with van der Waals surface area (Å²) in [7, 11) is 0. The number of carbonyl (C=O) groups is 2. The zero-order valence-electron chi connectivity index (χ0n) is 15.4. The van der Waals surface area contributed by atoms with Gasteiger partial charge in [0.15, 0.2) is 0 Å². The molecule has 0 unspecified atom stereocenters. The van der Waals surface area contributed by atoms with E-state index in [-0.39, 0.29) is 18.3 Å². The molecule has 2 aromatic carbocycles. The van der Waals surface area contributed by atoms with Gasteiger partial charge in [0, 0.05) is 23.2 Å². The van der Waals surface area contributed by atoms with Gasteiger partial charge in [-0.3, -0.25) is 9.59 Å². The summed E-state index contributed by atoms with van der Waals surface area (Å²) in [6, 6.07) is 15.0. The van der Waals surface area contributed by atoms with Gasteiger partial charge in [-0.15, -0.1) is 0 Å². The first kappa shape index (κ1) is 18.4. The highest BCUT2D eigenvalue weighted by Crippen LogP contribution is 2.21. The molecule has 29 heavy (non-hydrogen) atoms. The fourth-order valence-electron chi connectivity index (χ4n) is 3.24. The van der Waals surface area contributed by atoms with E-state index in [0.29, 0.717) is 23.3 Å². The summed E-state index contributed by atoms with van der Waals surface area (Å²) in [5.74, 6) is -0.608. The first-order chi connectivity index (χ1) is 14.0. The monoisotopic (exact) mass is 391 g/mol. The molecule has 2 amide bonds. The third kappa shape index (κ3) is 3.86. The molecule has 4 aromatic rings. The van der Waals surface area contributed by atoms with Gasteiger partial charge < -0.3 is 15.6 Å². The number of amides is 2. The average molecular weight is 391 g/mol. The molecular formula is C21H18FN5O2. The summed E-state index contributed by atoms with van der Waals surface area (Å²) in [6.45, 7) is 0.399. The number of benzene rings is 2. The summed E-state index contributed by atoms with van der Waals surface area (Å²) in [6.07, 6.45) is 3.16. The largest absolute Gasteiger partial charge is 0.366 e. The molecule has 2 aromatic heterocycles. The highest BCUT2D eigenvalue weighted by molar-refractivity contribution is 6.06. The number of rotatable bonds is 6. The Kier molecular flexibility index (Phi) is 4.82. The molecule has 0 bridgehead atoms. The van der Waals surface area contributed by atoms with E-state index >= 15 is 0 Å². The van der Waals surface area contributed by atoms with E-state index in [2.05, 4.69) is 10.4 Å². The van der Waals surface area contributed by atoms with Crippen molar-refractivity contribution in [2.24, 2.45) is 5.73 Å². The maximum absolute atomic E-state index is 13.1. The Hall–Kier alpha value is -3.94. The van der Waals surface area contributed by atoms with Gasteiger partial charge in [0.2, 0.25) is 5.91 Å². The third-order valence-electron chi connectivity index (χ3n) is 4.60. The van der Waals surface area contributed by atoms with Crippen LogP contribution in [-0.2, 0) is 17.9 Å². The summed E-state index contributed by atoms with van der Waals surface area (Å²) in [5.41, 5.74) is 7.42. The molecule has 0 aliphatic carbocycles. The molecule has 4 rings (SSSR count). The van der Waals surface area contributed by atoms with Crippen molar-refractivity contribution in [3.05, 3.63) is 83.9 Å². The van der Waals surface area contributed by atoms with Crippen LogP contribution in [0, 0.1) is 5.82 Å². The van der Waals surface area contributed by atoms with Gasteiger partial charge in [-0.2, -0.15) is 5.10 Å². The second-order valence-corrected chi connectivity index (χ2v) is 6.60. The van der Waals surface area contributed by atoms with E-state index in [9.17, 15) is 14.0 Å². The number of fused-ring (bicyclic) bond motifs is 1. The Morgan fingerprint density at radius 2 is 1.83 bits per heavy atom. The predicted octanol–water partition coefficient (Wildman–Crippen LogP) is 2.76. The summed E-state index contributed by atoms with van der Waals surface area (Å²) in [5, 5.41) is 7.74. The molecule has 7 nitrogen and oxygen atoms in total. The first-order valence-electron chi connectivity index (χ1n) is 8.95. The number of hydrogen-bond donors (Lipinski definition) is 2. The molecule has 0 radical (unpaired) electrons. The predicted molar refractivity (Wildman–Crippen MR) is 107 cm³/mol. The van der Waals surface area contributed by atoms with E-state index < -0.39 is 5.91 Å². The minimum Gasteiger partial charge on any atom is -0.366 e. The van der Waals surface area contributed by atoms with Crippen LogP contribution in [0.1, 0.15) is 15.9 Å². The number of carbonyl (C=O) groups excluding carboxylic acids is 2. The molecule has 0 fully saturated rings. The van der Waals surface area contributed by atoms with Crippen LogP contribution < -0.4 is 11.1 Å². The first-order valence-corrected chi connectivity index (χ1v) is 8.95. The molecular weight excluding hydrogens is 373 g/mol. The Morgan fingerprint density at radius 3 is 2.59 bits per heavy atom. The van der Waals surface area contributed by atoms with Crippen molar-refractivity contribution < 1.29 is 14.0 Å². The number of nitrogens with one attached hydrogen (secondary N) is 1. The molecule has 0 aliphatic heterocycles. The summed E-state index contributed by atoms with van der Waals surface area (Å²) < 4.78 is 16.4. The van der Waals surface area contributed by atoms with Crippen molar-refractivity contribution >= 4 is 28.5 Å². The summed E-state index contributed by atoms with van der Waals surface area (Å²) >= 11 is 0. The van der Waals surface area contributed by atoms with Crippen molar-refractivity contribution in [1.29, 1.82) is 0 Å². The second kappa shape index (κ2) is 7.59. The number of nitrogens with two attached hydrogens (primary N) is 1. The van der Waals surface area contributed by atoms with Crippen molar-refractivity contribution in [2.45, 2.75) is 13.1 Å². The van der Waals surface area contributed by atoms with Crippen LogP contribution in [0.25, 0.3) is 10.9 Å². The van der Waals surface area contributed by atoms with Crippen molar-refractivity contribution in [3.8, 4) is 0 Å². The molecule has 2 heterocycles. The third-order valence-corrected chi connectivity index (χ3v) is 4.60. The maximum atomic E-state index is 13.1. The van der Waals surface area contributed by atoms with Gasteiger partial charge in [0.1, 0.15) is 18.2 Å². The number of para-hydroxylation sites is 1. The van der Waals surface area contributed by atoms with Gasteiger partial charge in [-0.25, -0.2) is 9.07 Å². The topological polar surface area (TPSA) is 94.9 Å². The van der Waals surface area contributed by atoms with Gasteiger partial charge in [-0.1, -0.05) is 30.3 Å². The number of aromatic nitrogens is 3. The summed E-state index contributed by atoms with van der Waals surface area (Å²) in [4.78, 5) is 24.3. The van der Waals surface area contributed by atoms with Crippen LogP contribution in [0.2, 0.25) is 0 Å². The molecule has 0 saturated heterocycles. The molecule has 146 valence electrons. The van der Waals surface area contributed by atoms with Crippen LogP contribution in [0.5, 0.6) is 0 Å². The lowest BCUT2D eigenvalue weighted by Gasteiger charge is -2.10. The Labute approximate surface area is 165 Å². The molecule has 0 saturated carbocycles. The van der Waals surface area contributed by atoms with E-state index in [4.69, 9.17) is 5.73 Å². The zero-order valence-corrected chi connectivity index (χ0v) is 15.4. The zero-order chi connectivity index (χ0) is 20.4. The van der Waals surface area contributed by atoms with E-state index in [0.717, 1.165) is 11.1 Å². The number of halogens is 1. The van der Waals surface area contributed by atoms with E-state index in [1.807, 2.05) is 18.2 Å². The Bertz CT molecular complexity index is 1190. The molecule has 8 heteroatoms. The highest BCUT2D eigenvalue weighted by atomic mass is 19.1. The maximum Gasteiger partial charge on any atom is 0.250 e. The minimum atomic E-state index is -0.544. The SMILES string of the molecule is NC(=O)c1cn(CC(=O)Nc2ccnn2Cc2ccc(F)cc2)c2ccccc12. The number of anilines is 1. The van der Waals surface area contributed by atoms with Crippen LogP contribution >= 0.6 is 0 Å². The average Bonchev–Trinajstić information content (AvgIpc) is 3.28. The number of hydrogen-bond acceptors (Lipinski definition) is 3. The Balaban J connectivity index is 1.51. The van der Waals surface area contributed by atoms with Gasteiger partial charge in [-0.05, 0) is 23.8 Å². The van der Waals surface area contributed by atoms with Gasteiger partial charge in [0.05, 0.1) is 18.3 Å². The van der Waals surface area contributed by atoms with Crippen molar-refractivity contribution in [1.82, 2.24) is 14.3 Å². The van der Waals surface area contributed by atoms with E-state index in [1.54, 1.807) is 45.9 Å². The quantitative estimate of drug-likeness (QED) is 0.529. The van der Waals surface area contributed by atoms with Gasteiger partial charge in [0.25, 0.3) is 5.91 Å². The number of primary amides is 1.